The molecular weight excluding hydrogens is 398 g/mol. The van der Waals surface area contributed by atoms with E-state index in [-0.39, 0.29) is 18.6 Å². The molecule has 6 heteroatoms. The van der Waals surface area contributed by atoms with Crippen molar-refractivity contribution >= 4 is 23.2 Å². The number of rotatable bonds is 9. The van der Waals surface area contributed by atoms with Gasteiger partial charge in [0.2, 0.25) is 5.60 Å². The summed E-state index contributed by atoms with van der Waals surface area (Å²) in [6, 6.07) is 22.1. The molecule has 0 spiro atoms. The quantitative estimate of drug-likeness (QED) is 0.517. The highest BCUT2D eigenvalue weighted by atomic mass is 32.1. The average Bonchev–Trinajstić information content (AvgIpc) is 3.32. The summed E-state index contributed by atoms with van der Waals surface area (Å²) >= 11 is 1.56. The normalized spacial score (nSPS) is 12.2. The lowest BCUT2D eigenvalue weighted by Gasteiger charge is -2.32. The van der Waals surface area contributed by atoms with E-state index in [1.165, 1.54) is 0 Å². The molecule has 2 aromatic carbocycles. The first kappa shape index (κ1) is 21.7. The fourth-order valence-corrected chi connectivity index (χ4v) is 4.05. The zero-order chi connectivity index (χ0) is 21.4. The molecule has 0 aliphatic carbocycles. The molecule has 5 nitrogen and oxygen atoms in total. The maximum Gasteiger partial charge on any atom is 0.348 e. The van der Waals surface area contributed by atoms with Crippen molar-refractivity contribution in [2.75, 3.05) is 13.2 Å². The molecule has 1 heterocycles. The van der Waals surface area contributed by atoms with Crippen LogP contribution in [-0.4, -0.2) is 25.1 Å². The van der Waals surface area contributed by atoms with Crippen molar-refractivity contribution < 1.29 is 19.1 Å². The number of hydrogen-bond donors (Lipinski definition) is 1. The van der Waals surface area contributed by atoms with Crippen LogP contribution in [0.15, 0.2) is 78.2 Å². The third kappa shape index (κ3) is 4.78. The Morgan fingerprint density at radius 3 is 2.07 bits per heavy atom. The number of thiophene rings is 1. The Hall–Kier alpha value is -2.96. The van der Waals surface area contributed by atoms with E-state index in [9.17, 15) is 9.59 Å². The highest BCUT2D eigenvalue weighted by molar-refractivity contribution is 7.10. The Kier molecular flexibility index (Phi) is 7.38. The van der Waals surface area contributed by atoms with Gasteiger partial charge in [-0.15, -0.1) is 11.3 Å². The van der Waals surface area contributed by atoms with E-state index in [1.54, 1.807) is 11.3 Å². The molecule has 0 saturated heterocycles. The van der Waals surface area contributed by atoms with E-state index < -0.39 is 11.6 Å². The monoisotopic (exact) mass is 423 g/mol. The molecule has 1 amide bonds. The number of nitrogens with one attached hydrogen (secondary N) is 1. The molecule has 0 aliphatic rings. The first-order valence-electron chi connectivity index (χ1n) is 9.83. The molecular formula is C24H25NO4S. The summed E-state index contributed by atoms with van der Waals surface area (Å²) in [6.45, 7) is 3.62. The smallest absolute Gasteiger partial charge is 0.348 e. The predicted octanol–water partition coefficient (Wildman–Crippen LogP) is 4.45. The summed E-state index contributed by atoms with van der Waals surface area (Å²) < 4.78 is 11.5. The summed E-state index contributed by atoms with van der Waals surface area (Å²) in [5.74, 6) is -0.989. The molecule has 156 valence electrons. The third-order valence-corrected chi connectivity index (χ3v) is 5.75. The van der Waals surface area contributed by atoms with Gasteiger partial charge in [-0.2, -0.15) is 0 Å². The van der Waals surface area contributed by atoms with Crippen LogP contribution in [0.5, 0.6) is 0 Å². The third-order valence-electron chi connectivity index (χ3n) is 4.69. The fraction of sp³-hybridized carbons (Fsp3) is 0.250. The summed E-state index contributed by atoms with van der Waals surface area (Å²) in [6.07, 6.45) is 0. The zero-order valence-electron chi connectivity index (χ0n) is 17.0. The maximum atomic E-state index is 13.3. The highest BCUT2D eigenvalue weighted by Crippen LogP contribution is 2.35. The van der Waals surface area contributed by atoms with Gasteiger partial charge in [0.25, 0.3) is 5.91 Å². The van der Waals surface area contributed by atoms with E-state index in [2.05, 4.69) is 5.32 Å². The van der Waals surface area contributed by atoms with Crippen LogP contribution in [0.4, 0.5) is 0 Å². The molecule has 1 aromatic heterocycles. The topological polar surface area (TPSA) is 64.6 Å². The number of ether oxygens (including phenoxy) is 2. The zero-order valence-corrected chi connectivity index (χ0v) is 17.9. The number of benzene rings is 2. The van der Waals surface area contributed by atoms with Crippen molar-refractivity contribution in [3.63, 3.8) is 0 Å². The molecule has 3 rings (SSSR count). The number of amides is 1. The molecule has 0 saturated carbocycles. The number of carbonyl (C=O) groups is 2. The lowest BCUT2D eigenvalue weighted by Crippen LogP contribution is -2.43. The minimum absolute atomic E-state index is 0.156. The first-order valence-corrected chi connectivity index (χ1v) is 10.7. The van der Waals surface area contributed by atoms with Crippen molar-refractivity contribution in [2.24, 2.45) is 0 Å². The lowest BCUT2D eigenvalue weighted by atomic mass is 9.86. The Bertz CT molecular complexity index is 902. The Balaban J connectivity index is 1.81. The molecule has 1 atom stereocenters. The summed E-state index contributed by atoms with van der Waals surface area (Å²) in [5.41, 5.74) is -0.150. The van der Waals surface area contributed by atoms with E-state index in [0.29, 0.717) is 17.7 Å². The van der Waals surface area contributed by atoms with Crippen molar-refractivity contribution in [3.05, 3.63) is 94.2 Å². The van der Waals surface area contributed by atoms with Crippen LogP contribution in [0.1, 0.15) is 35.9 Å². The van der Waals surface area contributed by atoms with Crippen molar-refractivity contribution in [2.45, 2.75) is 25.5 Å². The van der Waals surface area contributed by atoms with Crippen LogP contribution in [0.3, 0.4) is 0 Å². The van der Waals surface area contributed by atoms with Gasteiger partial charge in [-0.1, -0.05) is 66.7 Å². The molecule has 0 unspecified atom stereocenters. The first-order chi connectivity index (χ1) is 14.6. The minimum atomic E-state index is -1.45. The van der Waals surface area contributed by atoms with E-state index in [4.69, 9.17) is 9.47 Å². The maximum absolute atomic E-state index is 13.3. The second-order valence-electron chi connectivity index (χ2n) is 6.73. The van der Waals surface area contributed by atoms with Crippen LogP contribution in [0.2, 0.25) is 0 Å². The highest BCUT2D eigenvalue weighted by Gasteiger charge is 2.45. The van der Waals surface area contributed by atoms with Crippen molar-refractivity contribution in [1.29, 1.82) is 0 Å². The van der Waals surface area contributed by atoms with Crippen molar-refractivity contribution in [3.8, 4) is 0 Å². The van der Waals surface area contributed by atoms with E-state index >= 15 is 0 Å². The molecule has 0 radical (unpaired) electrons. The second-order valence-corrected chi connectivity index (χ2v) is 7.71. The Morgan fingerprint density at radius 2 is 1.57 bits per heavy atom. The van der Waals surface area contributed by atoms with Gasteiger partial charge in [-0.25, -0.2) is 4.79 Å². The minimum Gasteiger partial charge on any atom is -0.453 e. The fourth-order valence-electron chi connectivity index (χ4n) is 3.31. The number of carbonyl (C=O) groups excluding carboxylic acids is 2. The van der Waals surface area contributed by atoms with Gasteiger partial charge in [-0.05, 0) is 36.4 Å². The van der Waals surface area contributed by atoms with Crippen LogP contribution in [-0.2, 0) is 24.7 Å². The second kappa shape index (κ2) is 10.2. The molecule has 1 N–H and O–H groups in total. The summed E-state index contributed by atoms with van der Waals surface area (Å²) in [5, 5.41) is 4.81. The van der Waals surface area contributed by atoms with Gasteiger partial charge >= 0.3 is 5.97 Å². The van der Waals surface area contributed by atoms with Crippen LogP contribution >= 0.6 is 11.3 Å². The van der Waals surface area contributed by atoms with Crippen LogP contribution in [0.25, 0.3) is 0 Å². The van der Waals surface area contributed by atoms with Gasteiger partial charge in [-0.3, -0.25) is 4.79 Å². The molecule has 30 heavy (non-hydrogen) atoms. The standard InChI is InChI=1S/C24H25NO4S/c1-3-29-24(19-11-6-4-7-12-19,20-13-8-5-9-14-20)23(27)28-17-22(26)25-18(2)21-15-10-16-30-21/h4-16,18H,3,17H2,1-2H3,(H,25,26)/t18-/m1/s1. The molecule has 0 aliphatic heterocycles. The van der Waals surface area contributed by atoms with Gasteiger partial charge in [0.1, 0.15) is 0 Å². The SMILES string of the molecule is CCOC(C(=O)OCC(=O)N[C@H](C)c1cccs1)(c1ccccc1)c1ccccc1. The van der Waals surface area contributed by atoms with Gasteiger partial charge in [0.15, 0.2) is 6.61 Å². The van der Waals surface area contributed by atoms with Gasteiger partial charge in [0.05, 0.1) is 6.04 Å². The molecule has 0 fully saturated rings. The number of esters is 1. The van der Waals surface area contributed by atoms with Gasteiger partial charge < -0.3 is 14.8 Å². The predicted molar refractivity (Wildman–Crippen MR) is 117 cm³/mol. The molecule has 0 bridgehead atoms. The average molecular weight is 424 g/mol. The molecule has 3 aromatic rings. The lowest BCUT2D eigenvalue weighted by molar-refractivity contribution is -0.170. The summed E-state index contributed by atoms with van der Waals surface area (Å²) in [4.78, 5) is 26.8. The Labute approximate surface area is 180 Å². The van der Waals surface area contributed by atoms with Gasteiger partial charge in [0, 0.05) is 11.5 Å². The van der Waals surface area contributed by atoms with Crippen LogP contribution < -0.4 is 5.32 Å². The van der Waals surface area contributed by atoms with Crippen LogP contribution in [0, 0.1) is 0 Å². The Morgan fingerprint density at radius 1 is 0.967 bits per heavy atom. The largest absolute Gasteiger partial charge is 0.453 e. The number of hydrogen-bond acceptors (Lipinski definition) is 5. The van der Waals surface area contributed by atoms with Crippen molar-refractivity contribution in [1.82, 2.24) is 5.32 Å². The summed E-state index contributed by atoms with van der Waals surface area (Å²) in [7, 11) is 0. The van der Waals surface area contributed by atoms with E-state index in [0.717, 1.165) is 4.88 Å². The van der Waals surface area contributed by atoms with E-state index in [1.807, 2.05) is 92.0 Å².